The maximum absolute atomic E-state index is 13.7. The van der Waals surface area contributed by atoms with Crippen molar-refractivity contribution >= 4 is 12.0 Å². The summed E-state index contributed by atoms with van der Waals surface area (Å²) in [4.78, 5) is 27.5. The number of hydrogen-bond acceptors (Lipinski definition) is 4. The van der Waals surface area contributed by atoms with Crippen LogP contribution >= 0.6 is 0 Å². The molecule has 1 saturated carbocycles. The lowest BCUT2D eigenvalue weighted by atomic mass is 9.85. The summed E-state index contributed by atoms with van der Waals surface area (Å²) in [5.74, 6) is -0.423. The predicted octanol–water partition coefficient (Wildman–Crippen LogP) is 4.77. The average Bonchev–Trinajstić information content (AvgIpc) is 3.46. The van der Waals surface area contributed by atoms with Gasteiger partial charge in [0.25, 0.3) is 0 Å². The lowest BCUT2D eigenvalue weighted by molar-refractivity contribution is -0.138. The molecular weight excluding hydrogens is 402 g/mol. The van der Waals surface area contributed by atoms with Crippen molar-refractivity contribution in [2.45, 2.75) is 63.5 Å². The van der Waals surface area contributed by atoms with E-state index in [0.29, 0.717) is 31.6 Å². The Morgan fingerprint density at radius 1 is 1.00 bits per heavy atom. The van der Waals surface area contributed by atoms with E-state index in [9.17, 15) is 14.7 Å². The Morgan fingerprint density at radius 2 is 1.62 bits per heavy atom. The van der Waals surface area contributed by atoms with E-state index in [1.165, 1.54) is 17.7 Å². The van der Waals surface area contributed by atoms with Gasteiger partial charge in [0.05, 0.1) is 18.1 Å². The number of hydrogen-bond donors (Lipinski definition) is 1. The van der Waals surface area contributed by atoms with E-state index in [1.54, 1.807) is 0 Å². The fourth-order valence-corrected chi connectivity index (χ4v) is 5.13. The van der Waals surface area contributed by atoms with Crippen LogP contribution in [0.2, 0.25) is 0 Å². The first-order chi connectivity index (χ1) is 15.6. The number of ether oxygens (including phenoxy) is 1. The zero-order valence-corrected chi connectivity index (χ0v) is 18.6. The van der Waals surface area contributed by atoms with Crippen molar-refractivity contribution in [3.05, 3.63) is 71.8 Å². The van der Waals surface area contributed by atoms with E-state index in [0.717, 1.165) is 24.0 Å². The number of amides is 2. The molecule has 5 nitrogen and oxygen atoms in total. The molecule has 0 radical (unpaired) electrons. The number of carbonyl (C=O) groups excluding carboxylic acids is 2. The fourth-order valence-electron chi connectivity index (χ4n) is 5.13. The molecule has 1 heterocycles. The van der Waals surface area contributed by atoms with Gasteiger partial charge in [-0.15, -0.1) is 0 Å². The summed E-state index contributed by atoms with van der Waals surface area (Å²) in [5.41, 5.74) is 2.20. The van der Waals surface area contributed by atoms with Gasteiger partial charge in [-0.1, -0.05) is 86.3 Å². The number of aliphatic hydroxyl groups is 1. The van der Waals surface area contributed by atoms with Crippen LogP contribution in [0.4, 0.5) is 4.79 Å². The lowest BCUT2D eigenvalue weighted by Crippen LogP contribution is -2.47. The maximum atomic E-state index is 13.7. The highest BCUT2D eigenvalue weighted by atomic mass is 16.6. The zero-order chi connectivity index (χ0) is 22.3. The second-order valence-corrected chi connectivity index (χ2v) is 9.21. The van der Waals surface area contributed by atoms with E-state index in [2.05, 4.69) is 0 Å². The van der Waals surface area contributed by atoms with Gasteiger partial charge in [-0.3, -0.25) is 4.79 Å². The van der Waals surface area contributed by atoms with Crippen molar-refractivity contribution in [2.75, 3.05) is 6.61 Å². The summed E-state index contributed by atoms with van der Waals surface area (Å²) in [6, 6.07) is 19.5. The topological polar surface area (TPSA) is 66.8 Å². The molecule has 2 fully saturated rings. The fraction of sp³-hybridized carbons (Fsp3) is 0.481. The standard InChI is InChI=1S/C27H33NO4/c29-25(16-15-20-9-3-1-4-10-20)24(18-22-13-7-8-14-22)26(30)28-23(19-32-27(28)31)17-21-11-5-2-6-12-21/h1-6,9-12,22-25,29H,7-8,13-19H2/t23-,24?,25+/m1/s1. The van der Waals surface area contributed by atoms with Gasteiger partial charge in [0.15, 0.2) is 0 Å². The second-order valence-electron chi connectivity index (χ2n) is 9.21. The van der Waals surface area contributed by atoms with Crippen molar-refractivity contribution in [3.8, 4) is 0 Å². The summed E-state index contributed by atoms with van der Waals surface area (Å²) < 4.78 is 5.29. The molecule has 0 bridgehead atoms. The molecule has 3 atom stereocenters. The summed E-state index contributed by atoms with van der Waals surface area (Å²) >= 11 is 0. The molecule has 0 spiro atoms. The van der Waals surface area contributed by atoms with E-state index < -0.39 is 18.1 Å². The van der Waals surface area contributed by atoms with Gasteiger partial charge >= 0.3 is 6.09 Å². The molecule has 0 aromatic heterocycles. The molecular formula is C27H33NO4. The number of benzene rings is 2. The molecule has 2 aromatic carbocycles. The molecule has 1 saturated heterocycles. The number of cyclic esters (lactones) is 1. The monoisotopic (exact) mass is 435 g/mol. The van der Waals surface area contributed by atoms with Crippen LogP contribution in [0.1, 0.15) is 49.7 Å². The SMILES string of the molecule is O=C1OC[C@@H](Cc2ccccc2)N1C(=O)C(CC1CCCC1)[C@@H](O)CCc1ccccc1. The van der Waals surface area contributed by atoms with Crippen LogP contribution in [-0.2, 0) is 22.4 Å². The van der Waals surface area contributed by atoms with Gasteiger partial charge in [-0.05, 0) is 42.7 Å². The third-order valence-electron chi connectivity index (χ3n) is 6.93. The second kappa shape index (κ2) is 10.8. The first-order valence-electron chi connectivity index (χ1n) is 11.9. The van der Waals surface area contributed by atoms with Crippen LogP contribution in [-0.4, -0.2) is 40.8 Å². The van der Waals surface area contributed by atoms with Gasteiger partial charge in [-0.25, -0.2) is 9.69 Å². The molecule has 1 aliphatic heterocycles. The van der Waals surface area contributed by atoms with Gasteiger partial charge in [0, 0.05) is 0 Å². The number of aliphatic hydroxyl groups excluding tert-OH is 1. The first kappa shape index (κ1) is 22.5. The third kappa shape index (κ3) is 5.57. The molecule has 2 aliphatic rings. The van der Waals surface area contributed by atoms with Gasteiger partial charge in [0.1, 0.15) is 6.61 Å². The highest BCUT2D eigenvalue weighted by Crippen LogP contribution is 2.34. The van der Waals surface area contributed by atoms with Crippen LogP contribution in [0.25, 0.3) is 0 Å². The number of rotatable bonds is 9. The van der Waals surface area contributed by atoms with Gasteiger partial charge < -0.3 is 9.84 Å². The van der Waals surface area contributed by atoms with E-state index >= 15 is 0 Å². The van der Waals surface area contributed by atoms with Gasteiger partial charge in [-0.2, -0.15) is 0 Å². The summed E-state index contributed by atoms with van der Waals surface area (Å²) in [7, 11) is 0. The summed E-state index contributed by atoms with van der Waals surface area (Å²) in [5, 5.41) is 11.1. The quantitative estimate of drug-likeness (QED) is 0.616. The maximum Gasteiger partial charge on any atom is 0.416 e. The largest absolute Gasteiger partial charge is 0.447 e. The molecule has 1 unspecified atom stereocenters. The van der Waals surface area contributed by atoms with Crippen molar-refractivity contribution in [3.63, 3.8) is 0 Å². The van der Waals surface area contributed by atoms with Crippen molar-refractivity contribution in [2.24, 2.45) is 11.8 Å². The Morgan fingerprint density at radius 3 is 2.28 bits per heavy atom. The Bertz CT molecular complexity index is 879. The minimum Gasteiger partial charge on any atom is -0.447 e. The van der Waals surface area contributed by atoms with E-state index in [1.807, 2.05) is 60.7 Å². The Labute approximate surface area is 190 Å². The highest BCUT2D eigenvalue weighted by molar-refractivity contribution is 5.95. The molecule has 32 heavy (non-hydrogen) atoms. The number of imide groups is 1. The molecule has 2 aromatic rings. The van der Waals surface area contributed by atoms with E-state index in [4.69, 9.17) is 4.74 Å². The predicted molar refractivity (Wildman–Crippen MR) is 123 cm³/mol. The average molecular weight is 436 g/mol. The highest BCUT2D eigenvalue weighted by Gasteiger charge is 2.43. The number of carbonyl (C=O) groups is 2. The van der Waals surface area contributed by atoms with Crippen molar-refractivity contribution in [1.29, 1.82) is 0 Å². The molecule has 1 aliphatic carbocycles. The van der Waals surface area contributed by atoms with Crippen LogP contribution in [0.5, 0.6) is 0 Å². The molecule has 170 valence electrons. The third-order valence-corrected chi connectivity index (χ3v) is 6.93. The summed E-state index contributed by atoms with van der Waals surface area (Å²) in [6.45, 7) is 0.204. The molecule has 5 heteroatoms. The first-order valence-corrected chi connectivity index (χ1v) is 11.9. The van der Waals surface area contributed by atoms with E-state index in [-0.39, 0.29) is 18.6 Å². The Kier molecular flexibility index (Phi) is 7.59. The smallest absolute Gasteiger partial charge is 0.416 e. The van der Waals surface area contributed by atoms with Crippen LogP contribution < -0.4 is 0 Å². The van der Waals surface area contributed by atoms with Crippen molar-refractivity contribution < 1.29 is 19.4 Å². The number of nitrogens with zero attached hydrogens (tertiary/aromatic N) is 1. The lowest BCUT2D eigenvalue weighted by Gasteiger charge is -2.29. The van der Waals surface area contributed by atoms with Crippen LogP contribution in [0.3, 0.4) is 0 Å². The minimum atomic E-state index is -0.783. The van der Waals surface area contributed by atoms with Crippen molar-refractivity contribution in [1.82, 2.24) is 4.90 Å². The Hall–Kier alpha value is -2.66. The van der Waals surface area contributed by atoms with Crippen LogP contribution in [0.15, 0.2) is 60.7 Å². The molecule has 1 N–H and O–H groups in total. The molecule has 4 rings (SSSR count). The zero-order valence-electron chi connectivity index (χ0n) is 18.6. The minimum absolute atomic E-state index is 0.204. The molecule has 2 amide bonds. The Balaban J connectivity index is 1.48. The van der Waals surface area contributed by atoms with Crippen LogP contribution in [0, 0.1) is 11.8 Å². The normalized spacial score (nSPS) is 20.8. The number of aryl methyl sites for hydroxylation is 1. The summed E-state index contributed by atoms with van der Waals surface area (Å²) in [6.07, 6.45) is 5.57. The van der Waals surface area contributed by atoms with Gasteiger partial charge in [0.2, 0.25) is 5.91 Å².